The number of hydrogen-bond acceptors (Lipinski definition) is 1. The lowest BCUT2D eigenvalue weighted by Gasteiger charge is -1.97. The highest BCUT2D eigenvalue weighted by molar-refractivity contribution is 5.81. The average molecular weight is 177 g/mol. The summed E-state index contributed by atoms with van der Waals surface area (Å²) in [5, 5.41) is 2.77. The van der Waals surface area contributed by atoms with E-state index in [1.54, 1.807) is 12.3 Å². The highest BCUT2D eigenvalue weighted by Crippen LogP contribution is 2.28. The summed E-state index contributed by atoms with van der Waals surface area (Å²) in [6.07, 6.45) is 9.28. The summed E-state index contributed by atoms with van der Waals surface area (Å²) in [5.41, 5.74) is 1.02. The molecule has 1 saturated carbocycles. The molecule has 0 aliphatic heterocycles. The number of nitrogens with one attached hydrogen (secondary N) is 1. The fourth-order valence-corrected chi connectivity index (χ4v) is 0.916. The Balaban J connectivity index is 2.32. The lowest BCUT2D eigenvalue weighted by atomic mass is 10.3. The molecule has 0 aromatic heterocycles. The third-order valence-electron chi connectivity index (χ3n) is 1.89. The summed E-state index contributed by atoms with van der Waals surface area (Å²) in [6.45, 7) is 5.50. The minimum atomic E-state index is 0.145. The normalized spacial score (nSPS) is 17.5. The number of hydrogen-bond donors (Lipinski definition) is 1. The lowest BCUT2D eigenvalue weighted by Crippen LogP contribution is -2.18. The van der Waals surface area contributed by atoms with Crippen LogP contribution in [0, 0.1) is 5.92 Å². The Kier molecular flexibility index (Phi) is 3.50. The van der Waals surface area contributed by atoms with E-state index in [9.17, 15) is 4.79 Å². The van der Waals surface area contributed by atoms with Crippen LogP contribution in [0.25, 0.3) is 0 Å². The molecular formula is C11H15NO. The second kappa shape index (κ2) is 4.65. The summed E-state index contributed by atoms with van der Waals surface area (Å²) in [4.78, 5) is 11.2. The van der Waals surface area contributed by atoms with Gasteiger partial charge in [-0.2, -0.15) is 0 Å². The van der Waals surface area contributed by atoms with Crippen molar-refractivity contribution in [2.75, 3.05) is 0 Å². The van der Waals surface area contributed by atoms with Crippen LogP contribution in [0.5, 0.6) is 0 Å². The van der Waals surface area contributed by atoms with E-state index >= 15 is 0 Å². The lowest BCUT2D eigenvalue weighted by molar-refractivity contribution is -0.121. The van der Waals surface area contributed by atoms with Crippen LogP contribution < -0.4 is 5.32 Å². The van der Waals surface area contributed by atoms with Gasteiger partial charge in [0.05, 0.1) is 0 Å². The van der Waals surface area contributed by atoms with Gasteiger partial charge in [-0.3, -0.25) is 4.79 Å². The van der Waals surface area contributed by atoms with Crippen LogP contribution in [0.4, 0.5) is 0 Å². The van der Waals surface area contributed by atoms with E-state index in [1.807, 2.05) is 19.1 Å². The number of carbonyl (C=O) groups is 1. The molecule has 1 rings (SSSR count). The van der Waals surface area contributed by atoms with Crippen LogP contribution >= 0.6 is 0 Å². The van der Waals surface area contributed by atoms with Gasteiger partial charge in [0.15, 0.2) is 0 Å². The van der Waals surface area contributed by atoms with Crippen LogP contribution in [0.15, 0.2) is 36.6 Å². The summed E-state index contributed by atoms with van der Waals surface area (Å²) >= 11 is 0. The van der Waals surface area contributed by atoms with E-state index in [2.05, 4.69) is 11.9 Å². The Morgan fingerprint density at radius 2 is 2.23 bits per heavy atom. The molecule has 0 heterocycles. The molecule has 1 fully saturated rings. The molecular weight excluding hydrogens is 162 g/mol. The summed E-state index contributed by atoms with van der Waals surface area (Å²) in [5.74, 6) is 0.416. The molecule has 0 aromatic carbocycles. The van der Waals surface area contributed by atoms with Crippen molar-refractivity contribution >= 4 is 5.91 Å². The first-order valence-corrected chi connectivity index (χ1v) is 4.50. The number of carbonyl (C=O) groups excluding carboxylic acids is 1. The molecule has 1 amide bonds. The molecule has 2 heteroatoms. The minimum absolute atomic E-state index is 0.145. The predicted octanol–water partition coefficient (Wildman–Crippen LogP) is 2.16. The van der Waals surface area contributed by atoms with Crippen LogP contribution in [0.1, 0.15) is 19.8 Å². The largest absolute Gasteiger partial charge is 0.332 e. The fourth-order valence-electron chi connectivity index (χ4n) is 0.916. The van der Waals surface area contributed by atoms with Crippen molar-refractivity contribution in [1.82, 2.24) is 5.32 Å². The standard InChI is InChI=1S/C11H15NO/c1-3-4-5-9(2)8-12-11(13)10-6-7-10/h3-5,8,10H,1,6-7H2,2H3,(H,12,13)/b5-4-,9-8+. The van der Waals surface area contributed by atoms with Crippen molar-refractivity contribution in [1.29, 1.82) is 0 Å². The Morgan fingerprint density at radius 3 is 2.77 bits per heavy atom. The zero-order valence-corrected chi connectivity index (χ0v) is 7.92. The van der Waals surface area contributed by atoms with Gasteiger partial charge in [-0.1, -0.05) is 24.8 Å². The van der Waals surface area contributed by atoms with Gasteiger partial charge in [0.1, 0.15) is 0 Å². The molecule has 0 radical (unpaired) electrons. The quantitative estimate of drug-likeness (QED) is 0.655. The second-order valence-corrected chi connectivity index (χ2v) is 3.27. The molecule has 70 valence electrons. The molecule has 0 aromatic rings. The van der Waals surface area contributed by atoms with Gasteiger partial charge < -0.3 is 5.32 Å². The zero-order valence-electron chi connectivity index (χ0n) is 7.92. The Labute approximate surface area is 79.0 Å². The summed E-state index contributed by atoms with van der Waals surface area (Å²) < 4.78 is 0. The molecule has 0 bridgehead atoms. The summed E-state index contributed by atoms with van der Waals surface area (Å²) in [7, 11) is 0. The molecule has 2 nitrogen and oxygen atoms in total. The van der Waals surface area contributed by atoms with E-state index in [4.69, 9.17) is 0 Å². The van der Waals surface area contributed by atoms with Crippen molar-refractivity contribution in [3.05, 3.63) is 36.6 Å². The topological polar surface area (TPSA) is 29.1 Å². The Morgan fingerprint density at radius 1 is 1.54 bits per heavy atom. The number of allylic oxidation sites excluding steroid dienone is 4. The van der Waals surface area contributed by atoms with Gasteiger partial charge in [0, 0.05) is 12.1 Å². The van der Waals surface area contributed by atoms with Crippen LogP contribution in [-0.2, 0) is 4.79 Å². The number of rotatable bonds is 4. The molecule has 1 aliphatic carbocycles. The predicted molar refractivity (Wildman–Crippen MR) is 54.0 cm³/mol. The van der Waals surface area contributed by atoms with Crippen molar-refractivity contribution in [3.8, 4) is 0 Å². The minimum Gasteiger partial charge on any atom is -0.332 e. The third-order valence-corrected chi connectivity index (χ3v) is 1.89. The second-order valence-electron chi connectivity index (χ2n) is 3.27. The van der Waals surface area contributed by atoms with Crippen molar-refractivity contribution in [2.45, 2.75) is 19.8 Å². The highest BCUT2D eigenvalue weighted by Gasteiger charge is 2.28. The van der Waals surface area contributed by atoms with Crippen molar-refractivity contribution in [3.63, 3.8) is 0 Å². The van der Waals surface area contributed by atoms with Gasteiger partial charge >= 0.3 is 0 Å². The van der Waals surface area contributed by atoms with E-state index < -0.39 is 0 Å². The Bertz CT molecular complexity index is 259. The van der Waals surface area contributed by atoms with Gasteiger partial charge in [-0.05, 0) is 25.3 Å². The van der Waals surface area contributed by atoms with E-state index in [0.29, 0.717) is 0 Å². The fraction of sp³-hybridized carbons (Fsp3) is 0.364. The van der Waals surface area contributed by atoms with Crippen LogP contribution in [0.3, 0.4) is 0 Å². The maximum absolute atomic E-state index is 11.2. The summed E-state index contributed by atoms with van der Waals surface area (Å²) in [6, 6.07) is 0. The molecule has 0 saturated heterocycles. The first-order chi connectivity index (χ1) is 6.24. The maximum Gasteiger partial charge on any atom is 0.227 e. The van der Waals surface area contributed by atoms with Crippen molar-refractivity contribution in [2.24, 2.45) is 5.92 Å². The monoisotopic (exact) mass is 177 g/mol. The Hall–Kier alpha value is -1.31. The van der Waals surface area contributed by atoms with Gasteiger partial charge in [0.2, 0.25) is 5.91 Å². The SMILES string of the molecule is C=C/C=C\C(C)=C\NC(=O)C1CC1. The molecule has 0 atom stereocenters. The van der Waals surface area contributed by atoms with E-state index in [-0.39, 0.29) is 11.8 Å². The first kappa shape index (κ1) is 9.78. The zero-order chi connectivity index (χ0) is 9.68. The molecule has 0 spiro atoms. The molecule has 1 aliphatic rings. The van der Waals surface area contributed by atoms with Gasteiger partial charge in [0.25, 0.3) is 0 Å². The molecule has 0 unspecified atom stereocenters. The highest BCUT2D eigenvalue weighted by atomic mass is 16.1. The van der Waals surface area contributed by atoms with Crippen LogP contribution in [0.2, 0.25) is 0 Å². The number of amides is 1. The van der Waals surface area contributed by atoms with Gasteiger partial charge in [-0.25, -0.2) is 0 Å². The average Bonchev–Trinajstić information content (AvgIpc) is 2.93. The van der Waals surface area contributed by atoms with Crippen LogP contribution in [-0.4, -0.2) is 5.91 Å². The van der Waals surface area contributed by atoms with Crippen molar-refractivity contribution < 1.29 is 4.79 Å². The van der Waals surface area contributed by atoms with E-state index in [1.165, 1.54) is 0 Å². The first-order valence-electron chi connectivity index (χ1n) is 4.50. The third kappa shape index (κ3) is 3.74. The van der Waals surface area contributed by atoms with Gasteiger partial charge in [-0.15, -0.1) is 0 Å². The smallest absolute Gasteiger partial charge is 0.227 e. The maximum atomic E-state index is 11.2. The molecule has 1 N–H and O–H groups in total. The van der Waals surface area contributed by atoms with E-state index in [0.717, 1.165) is 18.4 Å². The molecule has 13 heavy (non-hydrogen) atoms.